The van der Waals surface area contributed by atoms with Gasteiger partial charge in [-0.2, -0.15) is 13.2 Å². The summed E-state index contributed by atoms with van der Waals surface area (Å²) in [6, 6.07) is 11.3. The van der Waals surface area contributed by atoms with Crippen molar-refractivity contribution in [3.8, 4) is 0 Å². The Morgan fingerprint density at radius 1 is 1.00 bits per heavy atom. The van der Waals surface area contributed by atoms with Crippen LogP contribution in [0.5, 0.6) is 0 Å². The van der Waals surface area contributed by atoms with E-state index in [9.17, 15) is 27.9 Å². The Balaban J connectivity index is 1.77. The molecule has 0 fully saturated rings. The number of rotatable bonds is 5. The average Bonchev–Trinajstić information content (AvgIpc) is 3.42. The fourth-order valence-corrected chi connectivity index (χ4v) is 2.44. The molecule has 1 unspecified atom stereocenters. The summed E-state index contributed by atoms with van der Waals surface area (Å²) >= 11 is 0. The maximum atomic E-state index is 13.0. The summed E-state index contributed by atoms with van der Waals surface area (Å²) in [5, 5.41) is 17.8. The molecule has 2 aromatic rings. The van der Waals surface area contributed by atoms with Gasteiger partial charge in [-0.05, 0) is 17.7 Å². The number of carboxylic acids is 1. The highest BCUT2D eigenvalue weighted by Crippen LogP contribution is 2.52. The van der Waals surface area contributed by atoms with Gasteiger partial charge in [-0.25, -0.2) is 4.79 Å². The molecule has 9 heteroatoms. The number of carbonyl (C=O) groups excluding carboxylic acids is 1. The highest BCUT2D eigenvalue weighted by molar-refractivity contribution is 5.96. The van der Waals surface area contributed by atoms with Crippen molar-refractivity contribution in [2.24, 2.45) is 10.2 Å². The second-order valence-corrected chi connectivity index (χ2v) is 5.60. The Labute approximate surface area is 145 Å². The molecule has 2 aromatic carbocycles. The van der Waals surface area contributed by atoms with Crippen LogP contribution in [0.2, 0.25) is 0 Å². The van der Waals surface area contributed by atoms with E-state index in [1.54, 1.807) is 30.3 Å². The number of aliphatic carboxylic acids is 1. The first-order chi connectivity index (χ1) is 12.2. The monoisotopic (exact) mass is 363 g/mol. The molecule has 0 saturated heterocycles. The van der Waals surface area contributed by atoms with Gasteiger partial charge in [0.15, 0.2) is 6.04 Å². The first kappa shape index (κ1) is 17.6. The number of nitrogens with one attached hydrogen (secondary N) is 1. The minimum Gasteiger partial charge on any atom is -0.479 e. The first-order valence-electron chi connectivity index (χ1n) is 7.44. The second-order valence-electron chi connectivity index (χ2n) is 5.60. The van der Waals surface area contributed by atoms with Crippen LogP contribution in [-0.2, 0) is 10.5 Å². The zero-order valence-electron chi connectivity index (χ0n) is 13.1. The molecule has 1 atom stereocenters. The number of halogens is 3. The molecule has 6 nitrogen and oxygen atoms in total. The molecule has 0 spiro atoms. The van der Waals surface area contributed by atoms with Crippen molar-refractivity contribution in [2.45, 2.75) is 17.9 Å². The lowest BCUT2D eigenvalue weighted by Gasteiger charge is -2.16. The maximum absolute atomic E-state index is 13.0. The maximum Gasteiger partial charge on any atom is 0.442 e. The molecule has 0 radical (unpaired) electrons. The van der Waals surface area contributed by atoms with E-state index in [1.165, 1.54) is 12.1 Å². The Hall–Kier alpha value is -3.23. The van der Waals surface area contributed by atoms with Crippen molar-refractivity contribution < 1.29 is 27.9 Å². The van der Waals surface area contributed by atoms with Crippen molar-refractivity contribution in [3.63, 3.8) is 0 Å². The summed E-state index contributed by atoms with van der Waals surface area (Å²) in [4.78, 5) is 23.7. The van der Waals surface area contributed by atoms with Crippen molar-refractivity contribution in [3.05, 3.63) is 71.3 Å². The van der Waals surface area contributed by atoms with E-state index in [0.29, 0.717) is 5.56 Å². The van der Waals surface area contributed by atoms with Crippen LogP contribution in [0.25, 0.3) is 0 Å². The molecule has 1 aliphatic heterocycles. The van der Waals surface area contributed by atoms with Gasteiger partial charge in [-0.1, -0.05) is 42.5 Å². The molecule has 1 aliphatic rings. The minimum absolute atomic E-state index is 0.0221. The molecule has 0 aromatic heterocycles. The quantitative estimate of drug-likeness (QED) is 0.853. The molecular formula is C17H12F3N3O3. The molecule has 2 N–H and O–H groups in total. The lowest BCUT2D eigenvalue weighted by Crippen LogP contribution is -2.34. The number of carboxylic acid groups (broad SMARTS) is 1. The molecule has 0 aliphatic carbocycles. The van der Waals surface area contributed by atoms with Gasteiger partial charge in [0.1, 0.15) is 0 Å². The molecule has 26 heavy (non-hydrogen) atoms. The van der Waals surface area contributed by atoms with E-state index < -0.39 is 29.8 Å². The van der Waals surface area contributed by atoms with E-state index >= 15 is 0 Å². The second kappa shape index (κ2) is 6.25. The summed E-state index contributed by atoms with van der Waals surface area (Å²) in [5.74, 6) is -1.98. The van der Waals surface area contributed by atoms with Crippen molar-refractivity contribution in [2.75, 3.05) is 0 Å². The van der Waals surface area contributed by atoms with Gasteiger partial charge in [0.05, 0.1) is 0 Å². The van der Waals surface area contributed by atoms with E-state index in [-0.39, 0.29) is 11.1 Å². The van der Waals surface area contributed by atoms with Gasteiger partial charge >= 0.3 is 17.8 Å². The van der Waals surface area contributed by atoms with E-state index in [1.807, 2.05) is 0 Å². The van der Waals surface area contributed by atoms with Crippen LogP contribution >= 0.6 is 0 Å². The summed E-state index contributed by atoms with van der Waals surface area (Å²) in [6.45, 7) is 0. The summed E-state index contributed by atoms with van der Waals surface area (Å²) in [7, 11) is 0. The molecule has 0 saturated carbocycles. The Morgan fingerprint density at radius 3 is 2.04 bits per heavy atom. The van der Waals surface area contributed by atoms with Gasteiger partial charge < -0.3 is 10.4 Å². The number of amides is 1. The van der Waals surface area contributed by atoms with Crippen LogP contribution in [0, 0.1) is 0 Å². The van der Waals surface area contributed by atoms with Gasteiger partial charge in [-0.15, -0.1) is 10.2 Å². The molecule has 3 rings (SSSR count). The SMILES string of the molecule is O=C(NC(C(=O)O)c1ccccc1)c1ccc(C2(C(F)(F)F)N=N2)cc1. The van der Waals surface area contributed by atoms with E-state index in [4.69, 9.17) is 0 Å². The Morgan fingerprint density at radius 2 is 1.58 bits per heavy atom. The lowest BCUT2D eigenvalue weighted by molar-refractivity contribution is -0.166. The fourth-order valence-electron chi connectivity index (χ4n) is 2.44. The van der Waals surface area contributed by atoms with Gasteiger partial charge in [-0.3, -0.25) is 4.79 Å². The van der Waals surface area contributed by atoms with Gasteiger partial charge in [0, 0.05) is 11.1 Å². The number of alkyl halides is 3. The highest BCUT2D eigenvalue weighted by Gasteiger charge is 2.65. The number of hydrogen-bond donors (Lipinski definition) is 2. The van der Waals surface area contributed by atoms with Crippen LogP contribution in [-0.4, -0.2) is 23.2 Å². The normalized spacial score (nSPS) is 16.0. The third kappa shape index (κ3) is 3.15. The summed E-state index contributed by atoms with van der Waals surface area (Å²) < 4.78 is 38.9. The van der Waals surface area contributed by atoms with Crippen LogP contribution < -0.4 is 5.32 Å². The zero-order chi connectivity index (χ0) is 18.9. The van der Waals surface area contributed by atoms with Crippen LogP contribution in [0.4, 0.5) is 13.2 Å². The predicted molar refractivity (Wildman–Crippen MR) is 83.3 cm³/mol. The average molecular weight is 363 g/mol. The van der Waals surface area contributed by atoms with Gasteiger partial charge in [0.25, 0.3) is 5.91 Å². The summed E-state index contributed by atoms with van der Waals surface area (Å²) in [5.41, 5.74) is -2.37. The molecule has 0 bridgehead atoms. The lowest BCUT2D eigenvalue weighted by atomic mass is 10.0. The standard InChI is InChI=1S/C17H12F3N3O3/c18-17(19,20)16(22-23-16)12-8-6-11(7-9-12)14(24)21-13(15(25)26)10-4-2-1-3-5-10/h1-9,13H,(H,21,24)(H,25,26). The minimum atomic E-state index is -4.65. The van der Waals surface area contributed by atoms with E-state index in [2.05, 4.69) is 15.5 Å². The number of hydrogen-bond acceptors (Lipinski definition) is 4. The van der Waals surface area contributed by atoms with Crippen LogP contribution in [0.15, 0.2) is 64.8 Å². The molecule has 1 heterocycles. The summed E-state index contributed by atoms with van der Waals surface area (Å²) in [6.07, 6.45) is -4.65. The molecule has 134 valence electrons. The van der Waals surface area contributed by atoms with Crippen LogP contribution in [0.3, 0.4) is 0 Å². The predicted octanol–water partition coefficient (Wildman–Crippen LogP) is 3.42. The van der Waals surface area contributed by atoms with Crippen molar-refractivity contribution >= 4 is 11.9 Å². The number of benzene rings is 2. The van der Waals surface area contributed by atoms with E-state index in [0.717, 1.165) is 12.1 Å². The molecule has 1 amide bonds. The largest absolute Gasteiger partial charge is 0.479 e. The number of nitrogens with zero attached hydrogens (tertiary/aromatic N) is 2. The highest BCUT2D eigenvalue weighted by atomic mass is 19.4. The Bertz CT molecular complexity index is 858. The smallest absolute Gasteiger partial charge is 0.442 e. The Kier molecular flexibility index (Phi) is 4.23. The van der Waals surface area contributed by atoms with Crippen molar-refractivity contribution in [1.82, 2.24) is 5.32 Å². The van der Waals surface area contributed by atoms with Crippen LogP contribution in [0.1, 0.15) is 27.5 Å². The molecular weight excluding hydrogens is 351 g/mol. The fraction of sp³-hybridized carbons (Fsp3) is 0.176. The van der Waals surface area contributed by atoms with Crippen molar-refractivity contribution in [1.29, 1.82) is 0 Å². The first-order valence-corrected chi connectivity index (χ1v) is 7.44. The number of carbonyl (C=O) groups is 2. The topological polar surface area (TPSA) is 91.1 Å². The zero-order valence-corrected chi connectivity index (χ0v) is 13.1. The third-order valence-electron chi connectivity index (χ3n) is 3.90. The third-order valence-corrected chi connectivity index (χ3v) is 3.90. The van der Waals surface area contributed by atoms with Gasteiger partial charge in [0.2, 0.25) is 0 Å².